The van der Waals surface area contributed by atoms with Gasteiger partial charge in [-0.3, -0.25) is 4.79 Å². The van der Waals surface area contributed by atoms with Crippen LogP contribution >= 0.6 is 0 Å². The number of hydrogen-bond acceptors (Lipinski definition) is 4. The molecule has 1 aliphatic rings. The van der Waals surface area contributed by atoms with Gasteiger partial charge in [0, 0.05) is 19.1 Å². The Morgan fingerprint density at radius 1 is 1.56 bits per heavy atom. The SMILES string of the molecule is CC[C@H](CO)NS(=O)(=O)N1CCCC(C(=O)O)C1. The van der Waals surface area contributed by atoms with Crippen LogP contribution < -0.4 is 4.72 Å². The summed E-state index contributed by atoms with van der Waals surface area (Å²) in [4.78, 5) is 10.9. The zero-order chi connectivity index (χ0) is 13.8. The molecule has 2 atom stereocenters. The quantitative estimate of drug-likeness (QED) is 0.601. The molecule has 0 aromatic carbocycles. The van der Waals surface area contributed by atoms with Gasteiger partial charge in [0.05, 0.1) is 12.5 Å². The minimum absolute atomic E-state index is 0.00741. The monoisotopic (exact) mass is 280 g/mol. The van der Waals surface area contributed by atoms with E-state index in [4.69, 9.17) is 10.2 Å². The van der Waals surface area contributed by atoms with E-state index in [0.29, 0.717) is 25.8 Å². The smallest absolute Gasteiger partial charge is 0.307 e. The molecular formula is C10H20N2O5S. The standard InChI is InChI=1S/C10H20N2O5S/c1-2-9(7-13)11-18(16,17)12-5-3-4-8(6-12)10(14)15/h8-9,11,13H,2-7H2,1H3,(H,14,15)/t8?,9-/m1/s1. The maximum atomic E-state index is 12.0. The van der Waals surface area contributed by atoms with Crippen LogP contribution in [-0.2, 0) is 15.0 Å². The van der Waals surface area contributed by atoms with E-state index in [1.54, 1.807) is 6.92 Å². The number of hydrogen-bond donors (Lipinski definition) is 3. The first kappa shape index (κ1) is 15.4. The summed E-state index contributed by atoms with van der Waals surface area (Å²) in [6, 6.07) is -0.528. The Kier molecular flexibility index (Phi) is 5.51. The summed E-state index contributed by atoms with van der Waals surface area (Å²) in [6.07, 6.45) is 1.51. The zero-order valence-electron chi connectivity index (χ0n) is 10.4. The predicted molar refractivity (Wildman–Crippen MR) is 65.2 cm³/mol. The zero-order valence-corrected chi connectivity index (χ0v) is 11.2. The maximum Gasteiger partial charge on any atom is 0.307 e. The highest BCUT2D eigenvalue weighted by molar-refractivity contribution is 7.87. The van der Waals surface area contributed by atoms with Gasteiger partial charge in [0.2, 0.25) is 0 Å². The van der Waals surface area contributed by atoms with Crippen molar-refractivity contribution in [1.82, 2.24) is 9.03 Å². The lowest BCUT2D eigenvalue weighted by molar-refractivity contribution is -0.142. The molecule has 1 rings (SSSR count). The van der Waals surface area contributed by atoms with E-state index < -0.39 is 28.1 Å². The van der Waals surface area contributed by atoms with Crippen molar-refractivity contribution in [2.24, 2.45) is 5.92 Å². The van der Waals surface area contributed by atoms with Gasteiger partial charge in [-0.15, -0.1) is 0 Å². The van der Waals surface area contributed by atoms with Gasteiger partial charge in [0.25, 0.3) is 10.2 Å². The van der Waals surface area contributed by atoms with Crippen LogP contribution in [0.15, 0.2) is 0 Å². The highest BCUT2D eigenvalue weighted by Crippen LogP contribution is 2.19. The molecule has 1 aliphatic heterocycles. The maximum absolute atomic E-state index is 12.0. The van der Waals surface area contributed by atoms with Gasteiger partial charge in [-0.2, -0.15) is 17.4 Å². The first-order valence-electron chi connectivity index (χ1n) is 6.01. The van der Waals surface area contributed by atoms with Crippen LogP contribution in [0.25, 0.3) is 0 Å². The largest absolute Gasteiger partial charge is 0.481 e. The van der Waals surface area contributed by atoms with Crippen molar-refractivity contribution in [3.8, 4) is 0 Å². The second-order valence-electron chi connectivity index (χ2n) is 4.45. The molecule has 18 heavy (non-hydrogen) atoms. The number of rotatable bonds is 6. The van der Waals surface area contributed by atoms with E-state index in [2.05, 4.69) is 4.72 Å². The number of nitrogens with zero attached hydrogens (tertiary/aromatic N) is 1. The molecule has 1 unspecified atom stereocenters. The molecule has 0 radical (unpaired) electrons. The average molecular weight is 280 g/mol. The number of piperidine rings is 1. The van der Waals surface area contributed by atoms with Gasteiger partial charge in [-0.1, -0.05) is 6.92 Å². The molecule has 1 heterocycles. The predicted octanol–water partition coefficient (Wildman–Crippen LogP) is -0.612. The Morgan fingerprint density at radius 2 is 2.22 bits per heavy atom. The van der Waals surface area contributed by atoms with Crippen molar-refractivity contribution in [3.05, 3.63) is 0 Å². The summed E-state index contributed by atoms with van der Waals surface area (Å²) >= 11 is 0. The number of carboxylic acids is 1. The highest BCUT2D eigenvalue weighted by atomic mass is 32.2. The first-order valence-corrected chi connectivity index (χ1v) is 7.45. The molecular weight excluding hydrogens is 260 g/mol. The van der Waals surface area contributed by atoms with Crippen LogP contribution in [0.5, 0.6) is 0 Å². The summed E-state index contributed by atoms with van der Waals surface area (Å²) in [7, 11) is -3.71. The van der Waals surface area contributed by atoms with E-state index in [1.165, 1.54) is 0 Å². The van der Waals surface area contributed by atoms with Gasteiger partial charge in [-0.25, -0.2) is 0 Å². The molecule has 0 aliphatic carbocycles. The number of carboxylic acid groups (broad SMARTS) is 1. The Bertz CT molecular complexity index is 380. The van der Waals surface area contributed by atoms with E-state index in [1.807, 2.05) is 0 Å². The Morgan fingerprint density at radius 3 is 2.72 bits per heavy atom. The van der Waals surface area contributed by atoms with Gasteiger partial charge in [0.15, 0.2) is 0 Å². The normalized spacial score (nSPS) is 23.8. The van der Waals surface area contributed by atoms with Crippen LogP contribution in [0.2, 0.25) is 0 Å². The van der Waals surface area contributed by atoms with Gasteiger partial charge >= 0.3 is 5.97 Å². The molecule has 0 aromatic rings. The van der Waals surface area contributed by atoms with Gasteiger partial charge < -0.3 is 10.2 Å². The molecule has 0 saturated carbocycles. The molecule has 1 saturated heterocycles. The van der Waals surface area contributed by atoms with Crippen LogP contribution in [0.1, 0.15) is 26.2 Å². The van der Waals surface area contributed by atoms with E-state index in [-0.39, 0.29) is 13.2 Å². The molecule has 0 amide bonds. The van der Waals surface area contributed by atoms with Crippen LogP contribution in [0.4, 0.5) is 0 Å². The lowest BCUT2D eigenvalue weighted by atomic mass is 10.0. The Labute approximate surface area is 107 Å². The Balaban J connectivity index is 2.69. The minimum atomic E-state index is -3.71. The summed E-state index contributed by atoms with van der Waals surface area (Å²) in [5.41, 5.74) is 0. The van der Waals surface area contributed by atoms with Crippen molar-refractivity contribution in [3.63, 3.8) is 0 Å². The van der Waals surface area contributed by atoms with Crippen LogP contribution in [0, 0.1) is 5.92 Å². The lowest BCUT2D eigenvalue weighted by Crippen LogP contribution is -2.50. The fraction of sp³-hybridized carbons (Fsp3) is 0.900. The third kappa shape index (κ3) is 3.91. The van der Waals surface area contributed by atoms with Crippen molar-refractivity contribution in [2.75, 3.05) is 19.7 Å². The third-order valence-corrected chi connectivity index (χ3v) is 4.74. The molecule has 106 valence electrons. The molecule has 7 nitrogen and oxygen atoms in total. The molecule has 0 aromatic heterocycles. The van der Waals surface area contributed by atoms with Crippen molar-refractivity contribution in [2.45, 2.75) is 32.2 Å². The lowest BCUT2D eigenvalue weighted by Gasteiger charge is -2.31. The number of aliphatic hydroxyl groups is 1. The minimum Gasteiger partial charge on any atom is -0.481 e. The van der Waals surface area contributed by atoms with Gasteiger partial charge in [-0.05, 0) is 19.3 Å². The molecule has 8 heteroatoms. The van der Waals surface area contributed by atoms with Crippen molar-refractivity contribution >= 4 is 16.2 Å². The van der Waals surface area contributed by atoms with Crippen LogP contribution in [0.3, 0.4) is 0 Å². The van der Waals surface area contributed by atoms with Crippen molar-refractivity contribution < 1.29 is 23.4 Å². The average Bonchev–Trinajstić information content (AvgIpc) is 2.36. The summed E-state index contributed by atoms with van der Waals surface area (Å²) in [6.45, 7) is 1.80. The summed E-state index contributed by atoms with van der Waals surface area (Å²) in [5, 5.41) is 17.9. The highest BCUT2D eigenvalue weighted by Gasteiger charge is 2.32. The Hall–Kier alpha value is -0.700. The molecule has 3 N–H and O–H groups in total. The first-order chi connectivity index (χ1) is 8.40. The summed E-state index contributed by atoms with van der Waals surface area (Å²) < 4.78 is 27.5. The second-order valence-corrected chi connectivity index (χ2v) is 6.15. The van der Waals surface area contributed by atoms with Crippen LogP contribution in [-0.4, -0.2) is 54.6 Å². The third-order valence-electron chi connectivity index (χ3n) is 3.10. The fourth-order valence-corrected chi connectivity index (χ4v) is 3.45. The van der Waals surface area contributed by atoms with Crippen molar-refractivity contribution in [1.29, 1.82) is 0 Å². The van der Waals surface area contributed by atoms with E-state index in [0.717, 1.165) is 4.31 Å². The number of aliphatic carboxylic acids is 1. The second kappa shape index (κ2) is 6.46. The fourth-order valence-electron chi connectivity index (χ4n) is 1.90. The molecule has 0 bridgehead atoms. The topological polar surface area (TPSA) is 107 Å². The number of nitrogens with one attached hydrogen (secondary N) is 1. The number of aliphatic hydroxyl groups excluding tert-OH is 1. The molecule has 0 spiro atoms. The molecule has 1 fully saturated rings. The van der Waals surface area contributed by atoms with E-state index in [9.17, 15) is 13.2 Å². The number of carbonyl (C=O) groups is 1. The van der Waals surface area contributed by atoms with E-state index >= 15 is 0 Å². The summed E-state index contributed by atoms with van der Waals surface area (Å²) in [5.74, 6) is -1.62. The van der Waals surface area contributed by atoms with Gasteiger partial charge in [0.1, 0.15) is 0 Å².